The van der Waals surface area contributed by atoms with E-state index in [2.05, 4.69) is 24.1 Å². The third-order valence-corrected chi connectivity index (χ3v) is 9.97. The number of imide groups is 1. The summed E-state index contributed by atoms with van der Waals surface area (Å²) in [6.45, 7) is 7.56. The quantitative estimate of drug-likeness (QED) is 0.361. The highest BCUT2D eigenvalue weighted by Crippen LogP contribution is 2.36. The molecule has 0 saturated carbocycles. The molecule has 2 unspecified atom stereocenters. The zero-order valence-electron chi connectivity index (χ0n) is 27.1. The van der Waals surface area contributed by atoms with Gasteiger partial charge in [-0.05, 0) is 80.6 Å². The summed E-state index contributed by atoms with van der Waals surface area (Å²) in [5.41, 5.74) is 3.32. The van der Waals surface area contributed by atoms with Crippen molar-refractivity contribution in [2.24, 2.45) is 5.92 Å². The van der Waals surface area contributed by atoms with Crippen molar-refractivity contribution in [3.05, 3.63) is 70.7 Å². The van der Waals surface area contributed by atoms with E-state index >= 15 is 4.39 Å². The third-order valence-electron chi connectivity index (χ3n) is 9.97. The number of nitrogens with zero attached hydrogens (tertiary/aromatic N) is 3. The molecule has 3 amide bonds. The van der Waals surface area contributed by atoms with E-state index in [9.17, 15) is 14.4 Å². The zero-order valence-corrected chi connectivity index (χ0v) is 27.1. The standard InChI is InChI=1S/C36H41FN4O6/c1-36(2)15-23(10-11-46-36)29-7-4-22-12-21(13-28(37)33(22)38-29)16-40-17-25(20-45-3)31(19-40)47-26-5-6-27-24(14-26)18-41(35(27)44)30-8-9-32(42)39-34(30)43/h4-7,12-14,23,25,30-31H,8-11,15-20H2,1-3H3,(H,39,42,43)/t23?,25-,30?,31+/m0/s1. The summed E-state index contributed by atoms with van der Waals surface area (Å²) in [5, 5.41) is 3.13. The fourth-order valence-corrected chi connectivity index (χ4v) is 7.69. The van der Waals surface area contributed by atoms with Crippen LogP contribution >= 0.6 is 0 Å². The van der Waals surface area contributed by atoms with E-state index in [-0.39, 0.29) is 54.1 Å². The van der Waals surface area contributed by atoms with Gasteiger partial charge in [0.25, 0.3) is 5.91 Å². The van der Waals surface area contributed by atoms with E-state index in [0.717, 1.165) is 41.6 Å². The van der Waals surface area contributed by atoms with Gasteiger partial charge in [0.15, 0.2) is 0 Å². The molecular weight excluding hydrogens is 603 g/mol. The fraction of sp³-hybridized carbons (Fsp3) is 0.500. The minimum Gasteiger partial charge on any atom is -0.489 e. The van der Waals surface area contributed by atoms with Crippen molar-refractivity contribution in [3.8, 4) is 5.75 Å². The number of nitrogens with one attached hydrogen (secondary N) is 1. The second-order valence-corrected chi connectivity index (χ2v) is 14.0. The molecule has 0 spiro atoms. The fourth-order valence-electron chi connectivity index (χ4n) is 7.69. The lowest BCUT2D eigenvalue weighted by molar-refractivity contribution is -0.136. The van der Waals surface area contributed by atoms with E-state index in [0.29, 0.717) is 49.6 Å². The van der Waals surface area contributed by atoms with Crippen LogP contribution in [0.3, 0.4) is 0 Å². The van der Waals surface area contributed by atoms with Crippen molar-refractivity contribution in [1.29, 1.82) is 0 Å². The third kappa shape index (κ3) is 6.48. The molecule has 11 heteroatoms. The maximum atomic E-state index is 15.5. The second-order valence-electron chi connectivity index (χ2n) is 14.0. The Morgan fingerprint density at radius 3 is 2.72 bits per heavy atom. The molecule has 4 aliphatic rings. The first kappa shape index (κ1) is 31.7. The maximum absolute atomic E-state index is 15.5. The van der Waals surface area contributed by atoms with Crippen LogP contribution in [0.4, 0.5) is 4.39 Å². The molecule has 248 valence electrons. The minimum atomic E-state index is -0.663. The van der Waals surface area contributed by atoms with Crippen LogP contribution in [0.1, 0.15) is 72.6 Å². The normalized spacial score (nSPS) is 26.1. The van der Waals surface area contributed by atoms with Crippen molar-refractivity contribution in [1.82, 2.24) is 20.1 Å². The summed E-state index contributed by atoms with van der Waals surface area (Å²) in [7, 11) is 1.67. The first-order valence-electron chi connectivity index (χ1n) is 16.5. The number of aromatic nitrogens is 1. The highest BCUT2D eigenvalue weighted by molar-refractivity contribution is 6.05. The Morgan fingerprint density at radius 1 is 1.09 bits per heavy atom. The number of carbonyl (C=O) groups is 3. The van der Waals surface area contributed by atoms with Crippen LogP contribution < -0.4 is 10.1 Å². The topological polar surface area (TPSA) is 110 Å². The number of benzene rings is 2. The number of pyridine rings is 1. The molecular formula is C36H41FN4O6. The number of piperidine rings is 1. The van der Waals surface area contributed by atoms with E-state index in [1.807, 2.05) is 24.3 Å². The Bertz CT molecular complexity index is 1730. The van der Waals surface area contributed by atoms with Gasteiger partial charge in [0.05, 0.1) is 12.2 Å². The molecule has 7 rings (SSSR count). The second kappa shape index (κ2) is 12.6. The van der Waals surface area contributed by atoms with Crippen molar-refractivity contribution >= 4 is 28.6 Å². The largest absolute Gasteiger partial charge is 0.489 e. The Hall–Kier alpha value is -3.93. The van der Waals surface area contributed by atoms with Gasteiger partial charge in [-0.15, -0.1) is 0 Å². The number of fused-ring (bicyclic) bond motifs is 2. The monoisotopic (exact) mass is 644 g/mol. The van der Waals surface area contributed by atoms with E-state index in [1.165, 1.54) is 4.90 Å². The molecule has 4 aliphatic heterocycles. The smallest absolute Gasteiger partial charge is 0.255 e. The van der Waals surface area contributed by atoms with Crippen molar-refractivity contribution < 1.29 is 33.0 Å². The molecule has 3 saturated heterocycles. The zero-order chi connectivity index (χ0) is 32.9. The predicted molar refractivity (Wildman–Crippen MR) is 171 cm³/mol. The average molecular weight is 645 g/mol. The Morgan fingerprint density at radius 2 is 1.94 bits per heavy atom. The summed E-state index contributed by atoms with van der Waals surface area (Å²) in [6.07, 6.45) is 2.10. The molecule has 0 radical (unpaired) electrons. The van der Waals surface area contributed by atoms with Crippen molar-refractivity contribution in [2.45, 2.75) is 76.3 Å². The number of amides is 3. The lowest BCUT2D eigenvalue weighted by atomic mass is 9.86. The summed E-state index contributed by atoms with van der Waals surface area (Å²) < 4.78 is 33.4. The Balaban J connectivity index is 1.03. The van der Waals surface area contributed by atoms with Gasteiger partial charge in [-0.3, -0.25) is 24.6 Å². The van der Waals surface area contributed by atoms with Crippen LogP contribution in [0, 0.1) is 11.7 Å². The van der Waals surface area contributed by atoms with Crippen LogP contribution in [0.15, 0.2) is 42.5 Å². The van der Waals surface area contributed by atoms with Gasteiger partial charge in [-0.2, -0.15) is 0 Å². The lowest BCUT2D eigenvalue weighted by Gasteiger charge is -2.35. The summed E-state index contributed by atoms with van der Waals surface area (Å²) in [4.78, 5) is 45.7. The van der Waals surface area contributed by atoms with Crippen LogP contribution in [0.5, 0.6) is 5.75 Å². The molecule has 10 nitrogen and oxygen atoms in total. The highest BCUT2D eigenvalue weighted by Gasteiger charge is 2.40. The first-order chi connectivity index (χ1) is 22.6. The number of likely N-dealkylation sites (tertiary alicyclic amines) is 1. The van der Waals surface area contributed by atoms with E-state index in [1.54, 1.807) is 25.3 Å². The first-order valence-corrected chi connectivity index (χ1v) is 16.5. The molecule has 47 heavy (non-hydrogen) atoms. The predicted octanol–water partition coefficient (Wildman–Crippen LogP) is 4.33. The number of carbonyl (C=O) groups excluding carboxylic acids is 3. The van der Waals surface area contributed by atoms with Gasteiger partial charge in [-0.1, -0.05) is 6.07 Å². The SMILES string of the molecule is COC[C@@H]1CN(Cc2cc(F)c3nc(C4CCOC(C)(C)C4)ccc3c2)C[C@H]1Oc1ccc2c(c1)CN(C1CCC(=O)NC1=O)C2=O. The van der Waals surface area contributed by atoms with E-state index in [4.69, 9.17) is 19.2 Å². The van der Waals surface area contributed by atoms with Crippen LogP contribution in [-0.4, -0.2) is 83.7 Å². The highest BCUT2D eigenvalue weighted by atomic mass is 19.1. The van der Waals surface area contributed by atoms with Crippen LogP contribution in [0.25, 0.3) is 10.9 Å². The Labute approximate surface area is 273 Å². The average Bonchev–Trinajstić information content (AvgIpc) is 3.55. The molecule has 5 heterocycles. The van der Waals surface area contributed by atoms with Crippen LogP contribution in [-0.2, 0) is 32.2 Å². The lowest BCUT2D eigenvalue weighted by Crippen LogP contribution is -2.52. The maximum Gasteiger partial charge on any atom is 0.255 e. The number of ether oxygens (including phenoxy) is 3. The van der Waals surface area contributed by atoms with Gasteiger partial charge < -0.3 is 19.1 Å². The molecule has 0 bridgehead atoms. The van der Waals surface area contributed by atoms with Gasteiger partial charge >= 0.3 is 0 Å². The number of hydrogen-bond donors (Lipinski definition) is 1. The summed E-state index contributed by atoms with van der Waals surface area (Å²) >= 11 is 0. The molecule has 3 aromatic rings. The van der Waals surface area contributed by atoms with Crippen molar-refractivity contribution in [2.75, 3.05) is 33.4 Å². The van der Waals surface area contributed by atoms with E-state index < -0.39 is 11.9 Å². The Kier molecular flexibility index (Phi) is 8.48. The molecule has 3 fully saturated rings. The van der Waals surface area contributed by atoms with Gasteiger partial charge in [0.1, 0.15) is 29.2 Å². The molecule has 4 atom stereocenters. The van der Waals surface area contributed by atoms with Gasteiger partial charge in [0, 0.05) is 74.8 Å². The summed E-state index contributed by atoms with van der Waals surface area (Å²) in [6, 6.07) is 12.4. The number of halogens is 1. The van der Waals surface area contributed by atoms with Crippen LogP contribution in [0.2, 0.25) is 0 Å². The number of rotatable bonds is 8. The number of hydrogen-bond acceptors (Lipinski definition) is 8. The number of methoxy groups -OCH3 is 1. The van der Waals surface area contributed by atoms with Gasteiger partial charge in [-0.25, -0.2) is 9.37 Å². The molecule has 2 aromatic carbocycles. The minimum absolute atomic E-state index is 0.0908. The van der Waals surface area contributed by atoms with Crippen molar-refractivity contribution in [3.63, 3.8) is 0 Å². The van der Waals surface area contributed by atoms with Gasteiger partial charge in [0.2, 0.25) is 11.8 Å². The molecule has 1 N–H and O–H groups in total. The summed E-state index contributed by atoms with van der Waals surface area (Å²) in [5.74, 6) is -0.295. The molecule has 1 aromatic heterocycles. The molecule has 0 aliphatic carbocycles.